The molecule has 0 aliphatic rings. The minimum absolute atomic E-state index is 0.255. The van der Waals surface area contributed by atoms with Gasteiger partial charge in [-0.3, -0.25) is 4.98 Å². The third kappa shape index (κ3) is 8.21. The van der Waals surface area contributed by atoms with E-state index in [-0.39, 0.29) is 12.6 Å². The van der Waals surface area contributed by atoms with E-state index in [1.165, 1.54) is 6.42 Å². The Bertz CT molecular complexity index is 730. The van der Waals surface area contributed by atoms with E-state index in [2.05, 4.69) is 34.4 Å². The lowest BCUT2D eigenvalue weighted by Crippen LogP contribution is -2.25. The van der Waals surface area contributed by atoms with Gasteiger partial charge in [0.15, 0.2) is 0 Å². The fraction of sp³-hybridized carbons (Fsp3) is 0.478. The third-order valence-electron chi connectivity index (χ3n) is 4.94. The second-order valence-corrected chi connectivity index (χ2v) is 6.97. The molecule has 0 radical (unpaired) electrons. The molecule has 2 N–H and O–H groups in total. The molecule has 158 valence electrons. The normalized spacial score (nSPS) is 10.9. The zero-order valence-electron chi connectivity index (χ0n) is 17.9. The van der Waals surface area contributed by atoms with Gasteiger partial charge in [-0.1, -0.05) is 26.0 Å². The van der Waals surface area contributed by atoms with Crippen molar-refractivity contribution in [1.82, 2.24) is 15.2 Å². The standard InChI is InChI=1S/C23H34N4O2/c1-4-27(5-2)15-7-6-13-25-17-22-16-20(12-14-26-22)23(28)29-18-19-8-10-21(24-3)11-9-19/h8-12,14,16,24-25H,4-7,13,15,17-18H2,1-3H3. The largest absolute Gasteiger partial charge is 0.457 e. The number of esters is 1. The number of ether oxygens (including phenoxy) is 1. The molecule has 1 heterocycles. The highest BCUT2D eigenvalue weighted by Gasteiger charge is 2.09. The van der Waals surface area contributed by atoms with Crippen LogP contribution in [0.4, 0.5) is 5.69 Å². The van der Waals surface area contributed by atoms with Crippen LogP contribution in [0.3, 0.4) is 0 Å². The number of nitrogens with one attached hydrogen (secondary N) is 2. The van der Waals surface area contributed by atoms with Crippen LogP contribution < -0.4 is 10.6 Å². The number of nitrogens with zero attached hydrogens (tertiary/aromatic N) is 2. The van der Waals surface area contributed by atoms with Crippen molar-refractivity contribution >= 4 is 11.7 Å². The van der Waals surface area contributed by atoms with Crippen molar-refractivity contribution in [2.45, 2.75) is 39.8 Å². The minimum Gasteiger partial charge on any atom is -0.457 e. The van der Waals surface area contributed by atoms with Gasteiger partial charge in [-0.2, -0.15) is 0 Å². The van der Waals surface area contributed by atoms with Crippen molar-refractivity contribution in [1.29, 1.82) is 0 Å². The lowest BCUT2D eigenvalue weighted by Gasteiger charge is -2.17. The van der Waals surface area contributed by atoms with E-state index in [1.54, 1.807) is 18.3 Å². The molecule has 2 aromatic rings. The highest BCUT2D eigenvalue weighted by molar-refractivity contribution is 5.89. The molecule has 0 fully saturated rings. The maximum absolute atomic E-state index is 12.3. The molecule has 0 saturated carbocycles. The van der Waals surface area contributed by atoms with Crippen molar-refractivity contribution in [3.63, 3.8) is 0 Å². The van der Waals surface area contributed by atoms with Crippen LogP contribution in [0.15, 0.2) is 42.6 Å². The van der Waals surface area contributed by atoms with Crippen molar-refractivity contribution in [2.24, 2.45) is 0 Å². The predicted molar refractivity (Wildman–Crippen MR) is 118 cm³/mol. The monoisotopic (exact) mass is 398 g/mol. The first-order valence-electron chi connectivity index (χ1n) is 10.5. The number of carbonyl (C=O) groups excluding carboxylic acids is 1. The summed E-state index contributed by atoms with van der Waals surface area (Å²) in [5.74, 6) is -0.328. The molecule has 0 amide bonds. The SMILES string of the molecule is CCN(CC)CCCCNCc1cc(C(=O)OCc2ccc(NC)cc2)ccn1. The van der Waals surface area contributed by atoms with Gasteiger partial charge in [-0.15, -0.1) is 0 Å². The molecule has 0 atom stereocenters. The topological polar surface area (TPSA) is 66.5 Å². The van der Waals surface area contributed by atoms with E-state index in [4.69, 9.17) is 4.74 Å². The zero-order chi connectivity index (χ0) is 20.9. The van der Waals surface area contributed by atoms with Crippen molar-refractivity contribution in [2.75, 3.05) is 38.5 Å². The van der Waals surface area contributed by atoms with Crippen LogP contribution in [0.25, 0.3) is 0 Å². The van der Waals surface area contributed by atoms with Crippen LogP contribution in [-0.2, 0) is 17.9 Å². The fourth-order valence-corrected chi connectivity index (χ4v) is 3.04. The number of aromatic nitrogens is 1. The van der Waals surface area contributed by atoms with Gasteiger partial charge in [0.25, 0.3) is 0 Å². The first-order valence-corrected chi connectivity index (χ1v) is 10.5. The van der Waals surface area contributed by atoms with E-state index >= 15 is 0 Å². The highest BCUT2D eigenvalue weighted by Crippen LogP contribution is 2.11. The Morgan fingerprint density at radius 3 is 2.55 bits per heavy atom. The van der Waals surface area contributed by atoms with Gasteiger partial charge < -0.3 is 20.3 Å². The Morgan fingerprint density at radius 1 is 1.10 bits per heavy atom. The summed E-state index contributed by atoms with van der Waals surface area (Å²) in [6, 6.07) is 11.3. The quantitative estimate of drug-likeness (QED) is 0.396. The molecule has 1 aromatic carbocycles. The zero-order valence-corrected chi connectivity index (χ0v) is 17.9. The summed E-state index contributed by atoms with van der Waals surface area (Å²) in [7, 11) is 1.87. The first kappa shape index (κ1) is 22.8. The number of hydrogen-bond donors (Lipinski definition) is 2. The van der Waals surface area contributed by atoms with Gasteiger partial charge in [-0.25, -0.2) is 4.79 Å². The average molecular weight is 399 g/mol. The molecule has 0 aliphatic heterocycles. The minimum atomic E-state index is -0.328. The summed E-state index contributed by atoms with van der Waals surface area (Å²) in [4.78, 5) is 19.1. The number of rotatable bonds is 13. The molecule has 0 bridgehead atoms. The van der Waals surface area contributed by atoms with Crippen LogP contribution in [0.2, 0.25) is 0 Å². The smallest absolute Gasteiger partial charge is 0.338 e. The maximum Gasteiger partial charge on any atom is 0.338 e. The Kier molecular flexibility index (Phi) is 10.2. The van der Waals surface area contributed by atoms with Gasteiger partial charge in [0, 0.05) is 25.5 Å². The van der Waals surface area contributed by atoms with Gasteiger partial charge in [-0.05, 0) is 68.8 Å². The van der Waals surface area contributed by atoms with Gasteiger partial charge in [0.05, 0.1) is 11.3 Å². The van der Waals surface area contributed by atoms with E-state index in [0.29, 0.717) is 12.1 Å². The summed E-state index contributed by atoms with van der Waals surface area (Å²) < 4.78 is 5.43. The van der Waals surface area contributed by atoms with Crippen molar-refractivity contribution in [3.05, 3.63) is 59.4 Å². The second kappa shape index (κ2) is 12.9. The summed E-state index contributed by atoms with van der Waals surface area (Å²) in [6.45, 7) is 9.61. The lowest BCUT2D eigenvalue weighted by molar-refractivity contribution is 0.0472. The number of hydrogen-bond acceptors (Lipinski definition) is 6. The maximum atomic E-state index is 12.3. The first-order chi connectivity index (χ1) is 14.2. The Hall–Kier alpha value is -2.44. The summed E-state index contributed by atoms with van der Waals surface area (Å²) in [5.41, 5.74) is 3.36. The highest BCUT2D eigenvalue weighted by atomic mass is 16.5. The molecular weight excluding hydrogens is 364 g/mol. The fourth-order valence-electron chi connectivity index (χ4n) is 3.04. The van der Waals surface area contributed by atoms with Crippen LogP contribution in [0.1, 0.15) is 48.3 Å². The molecule has 0 spiro atoms. The van der Waals surface area contributed by atoms with Crippen LogP contribution >= 0.6 is 0 Å². The summed E-state index contributed by atoms with van der Waals surface area (Å²) in [5, 5.41) is 6.47. The third-order valence-corrected chi connectivity index (χ3v) is 4.94. The van der Waals surface area contributed by atoms with Crippen LogP contribution in [0, 0.1) is 0 Å². The Labute approximate surface area is 174 Å². The number of anilines is 1. The molecule has 0 unspecified atom stereocenters. The molecule has 0 saturated heterocycles. The van der Waals surface area contributed by atoms with Crippen LogP contribution in [-0.4, -0.2) is 49.1 Å². The number of benzene rings is 1. The summed E-state index contributed by atoms with van der Waals surface area (Å²) in [6.07, 6.45) is 3.98. The lowest BCUT2D eigenvalue weighted by atomic mass is 10.2. The van der Waals surface area contributed by atoms with Crippen molar-refractivity contribution < 1.29 is 9.53 Å². The van der Waals surface area contributed by atoms with Gasteiger partial charge in [0.2, 0.25) is 0 Å². The van der Waals surface area contributed by atoms with E-state index < -0.39 is 0 Å². The number of carbonyl (C=O) groups is 1. The molecule has 2 rings (SSSR count). The molecule has 0 aliphatic carbocycles. The van der Waals surface area contributed by atoms with Gasteiger partial charge in [0.1, 0.15) is 6.61 Å². The molecule has 1 aromatic heterocycles. The molecular formula is C23H34N4O2. The van der Waals surface area contributed by atoms with Crippen LogP contribution in [0.5, 0.6) is 0 Å². The predicted octanol–water partition coefficient (Wildman–Crippen LogP) is 3.69. The number of unbranched alkanes of at least 4 members (excludes halogenated alkanes) is 1. The Morgan fingerprint density at radius 2 is 1.86 bits per heavy atom. The summed E-state index contributed by atoms with van der Waals surface area (Å²) >= 11 is 0. The van der Waals surface area contributed by atoms with E-state index in [1.807, 2.05) is 31.3 Å². The van der Waals surface area contributed by atoms with Gasteiger partial charge >= 0.3 is 5.97 Å². The molecule has 29 heavy (non-hydrogen) atoms. The van der Waals surface area contributed by atoms with E-state index in [9.17, 15) is 4.79 Å². The van der Waals surface area contributed by atoms with Crippen molar-refractivity contribution in [3.8, 4) is 0 Å². The van der Waals surface area contributed by atoms with E-state index in [0.717, 1.165) is 49.5 Å². The average Bonchev–Trinajstić information content (AvgIpc) is 2.77. The molecule has 6 nitrogen and oxygen atoms in total. The second-order valence-electron chi connectivity index (χ2n) is 6.97. The Balaban J connectivity index is 1.72. The number of pyridine rings is 1. The molecule has 6 heteroatoms.